The van der Waals surface area contributed by atoms with E-state index >= 15 is 0 Å². The second-order valence-corrected chi connectivity index (χ2v) is 9.01. The van der Waals surface area contributed by atoms with Crippen LogP contribution in [-0.4, -0.2) is 22.4 Å². The number of unbranched alkanes of at least 4 members (excludes halogenated alkanes) is 5. The number of benzene rings is 1. The number of carbonyl (C=O) groups excluding carboxylic acids is 2. The van der Waals surface area contributed by atoms with Crippen molar-refractivity contribution in [2.75, 3.05) is 12.0 Å². The zero-order valence-corrected chi connectivity index (χ0v) is 18.0. The SMILES string of the molecule is CCCCCCCC[C@@]1(C)SC(=O)C=C1OCC(=O)NNc1ccc(C)cc1. The highest BCUT2D eigenvalue weighted by molar-refractivity contribution is 8.15. The molecule has 5 nitrogen and oxygen atoms in total. The Morgan fingerprint density at radius 3 is 2.50 bits per heavy atom. The molecule has 0 unspecified atom stereocenters. The number of nitrogens with one attached hydrogen (secondary N) is 2. The Morgan fingerprint density at radius 2 is 1.79 bits per heavy atom. The molecule has 0 fully saturated rings. The first-order chi connectivity index (χ1) is 13.4. The summed E-state index contributed by atoms with van der Waals surface area (Å²) >= 11 is 1.30. The van der Waals surface area contributed by atoms with Crippen molar-refractivity contribution in [1.29, 1.82) is 0 Å². The van der Waals surface area contributed by atoms with E-state index in [0.717, 1.165) is 24.1 Å². The average molecular weight is 405 g/mol. The summed E-state index contributed by atoms with van der Waals surface area (Å²) in [6.07, 6.45) is 9.66. The molecule has 1 aliphatic rings. The van der Waals surface area contributed by atoms with Crippen molar-refractivity contribution in [2.24, 2.45) is 0 Å². The first-order valence-electron chi connectivity index (χ1n) is 10.1. The van der Waals surface area contributed by atoms with E-state index in [2.05, 4.69) is 17.8 Å². The Bertz CT molecular complexity index is 688. The molecule has 6 heteroatoms. The number of aryl methyl sites for hydroxylation is 1. The van der Waals surface area contributed by atoms with E-state index in [0.29, 0.717) is 5.76 Å². The number of anilines is 1. The fraction of sp³-hybridized carbons (Fsp3) is 0.545. The number of thioether (sulfide) groups is 1. The lowest BCUT2D eigenvalue weighted by atomic mass is 9.99. The summed E-state index contributed by atoms with van der Waals surface area (Å²) in [6.45, 7) is 6.13. The molecule has 0 aromatic heterocycles. The lowest BCUT2D eigenvalue weighted by Crippen LogP contribution is -2.34. The van der Waals surface area contributed by atoms with Gasteiger partial charge in [-0.15, -0.1) is 0 Å². The van der Waals surface area contributed by atoms with Gasteiger partial charge in [0, 0.05) is 6.08 Å². The van der Waals surface area contributed by atoms with Crippen LogP contribution in [0.2, 0.25) is 0 Å². The number of hydrazine groups is 1. The van der Waals surface area contributed by atoms with E-state index in [1.165, 1.54) is 49.9 Å². The smallest absolute Gasteiger partial charge is 0.276 e. The maximum atomic E-state index is 12.1. The fourth-order valence-corrected chi connectivity index (χ4v) is 4.21. The lowest BCUT2D eigenvalue weighted by Gasteiger charge is -2.26. The van der Waals surface area contributed by atoms with Gasteiger partial charge in [-0.2, -0.15) is 0 Å². The van der Waals surface area contributed by atoms with Crippen molar-refractivity contribution >= 4 is 28.5 Å². The van der Waals surface area contributed by atoms with Gasteiger partial charge in [-0.1, -0.05) is 74.9 Å². The number of amides is 1. The van der Waals surface area contributed by atoms with Crippen molar-refractivity contribution < 1.29 is 14.3 Å². The van der Waals surface area contributed by atoms with Gasteiger partial charge >= 0.3 is 0 Å². The molecule has 2 rings (SSSR count). The van der Waals surface area contributed by atoms with Gasteiger partial charge in [0.2, 0.25) is 5.12 Å². The van der Waals surface area contributed by atoms with Gasteiger partial charge in [0.05, 0.1) is 10.4 Å². The molecule has 0 aliphatic carbocycles. The van der Waals surface area contributed by atoms with Crippen LogP contribution < -0.4 is 10.9 Å². The minimum Gasteiger partial charge on any atom is -0.486 e. The molecular formula is C22H32N2O3S. The van der Waals surface area contributed by atoms with Crippen molar-refractivity contribution in [3.63, 3.8) is 0 Å². The highest BCUT2D eigenvalue weighted by atomic mass is 32.2. The third-order valence-corrected chi connectivity index (χ3v) is 6.03. The van der Waals surface area contributed by atoms with E-state index in [4.69, 9.17) is 4.74 Å². The summed E-state index contributed by atoms with van der Waals surface area (Å²) in [5.74, 6) is 0.328. The number of hydrogen-bond donors (Lipinski definition) is 2. The van der Waals surface area contributed by atoms with E-state index in [1.54, 1.807) is 0 Å². The fourth-order valence-electron chi connectivity index (χ4n) is 3.13. The molecule has 1 aromatic carbocycles. The van der Waals surface area contributed by atoms with E-state index in [1.807, 2.05) is 38.1 Å². The Labute approximate surface area is 172 Å². The zero-order chi connectivity index (χ0) is 20.4. The molecule has 1 heterocycles. The van der Waals surface area contributed by atoms with Gasteiger partial charge in [0.25, 0.3) is 5.91 Å². The molecule has 1 atom stereocenters. The molecule has 28 heavy (non-hydrogen) atoms. The van der Waals surface area contributed by atoms with Gasteiger partial charge in [-0.25, -0.2) is 0 Å². The van der Waals surface area contributed by atoms with Crippen molar-refractivity contribution in [2.45, 2.75) is 70.5 Å². The van der Waals surface area contributed by atoms with Crippen LogP contribution in [0.5, 0.6) is 0 Å². The predicted molar refractivity (Wildman–Crippen MR) is 116 cm³/mol. The molecular weight excluding hydrogens is 372 g/mol. The highest BCUT2D eigenvalue weighted by Crippen LogP contribution is 2.44. The molecule has 2 N–H and O–H groups in total. The van der Waals surface area contributed by atoms with E-state index in [9.17, 15) is 9.59 Å². The summed E-state index contributed by atoms with van der Waals surface area (Å²) in [7, 11) is 0. The molecule has 0 bridgehead atoms. The van der Waals surface area contributed by atoms with Crippen molar-refractivity contribution in [3.8, 4) is 0 Å². The van der Waals surface area contributed by atoms with Crippen molar-refractivity contribution in [3.05, 3.63) is 41.7 Å². The lowest BCUT2D eigenvalue weighted by molar-refractivity contribution is -0.124. The summed E-state index contributed by atoms with van der Waals surface area (Å²) in [5, 5.41) is 0.00155. The average Bonchev–Trinajstić information content (AvgIpc) is 2.96. The largest absolute Gasteiger partial charge is 0.486 e. The minimum absolute atomic E-state index is 0.00155. The van der Waals surface area contributed by atoms with Gasteiger partial charge in [0.1, 0.15) is 5.76 Å². The van der Waals surface area contributed by atoms with Crippen LogP contribution in [0.25, 0.3) is 0 Å². The molecule has 0 saturated heterocycles. The van der Waals surface area contributed by atoms with Crippen LogP contribution in [0.3, 0.4) is 0 Å². The maximum Gasteiger partial charge on any atom is 0.276 e. The number of rotatable bonds is 12. The standard InChI is InChI=1S/C22H32N2O3S/c1-4-5-6-7-8-9-14-22(3)19(15-21(26)28-22)27-16-20(25)24-23-18-12-10-17(2)11-13-18/h10-13,15,23H,4-9,14,16H2,1-3H3,(H,24,25)/t22-/m1/s1. The Morgan fingerprint density at radius 1 is 1.11 bits per heavy atom. The van der Waals surface area contributed by atoms with Crippen LogP contribution in [0.1, 0.15) is 64.4 Å². The highest BCUT2D eigenvalue weighted by Gasteiger charge is 2.39. The topological polar surface area (TPSA) is 67.4 Å². The molecule has 0 spiro atoms. The summed E-state index contributed by atoms with van der Waals surface area (Å²) in [6, 6.07) is 7.71. The van der Waals surface area contributed by atoms with Gasteiger partial charge in [-0.05, 0) is 32.4 Å². The Kier molecular flexibility index (Phi) is 8.90. The third-order valence-electron chi connectivity index (χ3n) is 4.86. The molecule has 1 amide bonds. The van der Waals surface area contributed by atoms with Crippen LogP contribution in [-0.2, 0) is 14.3 Å². The van der Waals surface area contributed by atoms with Crippen LogP contribution in [0, 0.1) is 6.92 Å². The minimum atomic E-state index is -0.369. The third kappa shape index (κ3) is 7.23. The summed E-state index contributed by atoms with van der Waals surface area (Å²) in [4.78, 5) is 24.0. The Balaban J connectivity index is 1.75. The molecule has 1 aliphatic heterocycles. The van der Waals surface area contributed by atoms with Gasteiger partial charge < -0.3 is 4.74 Å². The monoisotopic (exact) mass is 404 g/mol. The first-order valence-corrected chi connectivity index (χ1v) is 10.9. The normalized spacial score (nSPS) is 18.7. The summed E-state index contributed by atoms with van der Waals surface area (Å²) < 4.78 is 5.35. The second-order valence-electron chi connectivity index (χ2n) is 7.51. The molecule has 0 saturated carbocycles. The van der Waals surface area contributed by atoms with E-state index < -0.39 is 0 Å². The van der Waals surface area contributed by atoms with Crippen LogP contribution in [0.4, 0.5) is 5.69 Å². The number of ether oxygens (including phenoxy) is 1. The van der Waals surface area contributed by atoms with Crippen LogP contribution in [0.15, 0.2) is 36.1 Å². The molecule has 154 valence electrons. The number of hydrogen-bond acceptors (Lipinski definition) is 5. The summed E-state index contributed by atoms with van der Waals surface area (Å²) in [5.41, 5.74) is 7.44. The van der Waals surface area contributed by atoms with Crippen molar-refractivity contribution in [1.82, 2.24) is 5.43 Å². The maximum absolute atomic E-state index is 12.1. The molecule has 0 radical (unpaired) electrons. The number of carbonyl (C=O) groups is 2. The van der Waals surface area contributed by atoms with E-state index in [-0.39, 0.29) is 22.4 Å². The first kappa shape index (κ1) is 22.3. The predicted octanol–water partition coefficient (Wildman–Crippen LogP) is 5.12. The quantitative estimate of drug-likeness (QED) is 0.374. The Hall–Kier alpha value is -1.95. The van der Waals surface area contributed by atoms with Gasteiger partial charge in [0.15, 0.2) is 6.61 Å². The second kappa shape index (κ2) is 11.1. The van der Waals surface area contributed by atoms with Gasteiger partial charge in [-0.3, -0.25) is 20.4 Å². The van der Waals surface area contributed by atoms with Crippen LogP contribution >= 0.6 is 11.8 Å². The molecule has 1 aromatic rings. The zero-order valence-electron chi connectivity index (χ0n) is 17.2.